The molecule has 4 rings (SSSR count). The summed E-state index contributed by atoms with van der Waals surface area (Å²) >= 11 is 0. The number of para-hydroxylation sites is 1. The van der Waals surface area contributed by atoms with E-state index in [-0.39, 0.29) is 31.5 Å². The molecule has 0 aromatic heterocycles. The lowest BCUT2D eigenvalue weighted by molar-refractivity contribution is -0.139. The summed E-state index contributed by atoms with van der Waals surface area (Å²) in [4.78, 5) is 42.4. The number of carboxylic acids is 1. The molecule has 2 atom stereocenters. The lowest BCUT2D eigenvalue weighted by atomic mass is 10.1. The van der Waals surface area contributed by atoms with Gasteiger partial charge in [-0.15, -0.1) is 0 Å². The van der Waals surface area contributed by atoms with Crippen molar-refractivity contribution < 1.29 is 28.6 Å². The summed E-state index contributed by atoms with van der Waals surface area (Å²) in [7, 11) is 1.49. The summed E-state index contributed by atoms with van der Waals surface area (Å²) in [6, 6.07) is 12.0. The Bertz CT molecular complexity index is 1190. The number of hydrogen-bond donors (Lipinski definition) is 3. The third kappa shape index (κ3) is 7.67. The second-order valence-electron chi connectivity index (χ2n) is 10.1. The number of benzene rings is 2. The zero-order valence-electron chi connectivity index (χ0n) is 22.4. The molecule has 2 saturated heterocycles. The summed E-state index contributed by atoms with van der Waals surface area (Å²) in [5.74, 6) is -0.590. The molecule has 2 aromatic rings. The zero-order valence-corrected chi connectivity index (χ0v) is 22.4. The highest BCUT2D eigenvalue weighted by atomic mass is 19.1. The van der Waals surface area contributed by atoms with Crippen molar-refractivity contribution in [3.05, 3.63) is 53.6 Å². The lowest BCUT2D eigenvalue weighted by Gasteiger charge is -2.36. The number of carbonyl (C=O) groups is 3. The number of piperazine rings is 1. The van der Waals surface area contributed by atoms with Gasteiger partial charge in [0.25, 0.3) is 0 Å². The van der Waals surface area contributed by atoms with Crippen LogP contribution >= 0.6 is 0 Å². The van der Waals surface area contributed by atoms with Crippen LogP contribution in [0.2, 0.25) is 0 Å². The molecule has 0 aliphatic carbocycles. The molecule has 210 valence electrons. The van der Waals surface area contributed by atoms with Crippen molar-refractivity contribution in [2.75, 3.05) is 63.6 Å². The number of carbonyl (C=O) groups excluding carboxylic acids is 2. The molecule has 0 radical (unpaired) electrons. The van der Waals surface area contributed by atoms with Crippen molar-refractivity contribution >= 4 is 29.3 Å². The predicted molar refractivity (Wildman–Crippen MR) is 146 cm³/mol. The summed E-state index contributed by atoms with van der Waals surface area (Å²) < 4.78 is 19.9. The van der Waals surface area contributed by atoms with E-state index in [4.69, 9.17) is 9.84 Å². The normalized spacial score (nSPS) is 20.0. The van der Waals surface area contributed by atoms with Gasteiger partial charge in [0.2, 0.25) is 5.91 Å². The first kappa shape index (κ1) is 28.3. The van der Waals surface area contributed by atoms with Gasteiger partial charge in [-0.3, -0.25) is 19.4 Å². The average molecular weight is 542 g/mol. The van der Waals surface area contributed by atoms with Gasteiger partial charge in [0.05, 0.1) is 32.3 Å². The molecule has 3 amide bonds. The number of aryl methyl sites for hydroxylation is 1. The topological polar surface area (TPSA) is 114 Å². The number of anilines is 2. The number of likely N-dealkylation sites (tertiary alicyclic amines) is 1. The minimum atomic E-state index is -1.07. The number of ether oxygens (including phenoxy) is 1. The second kappa shape index (κ2) is 12.9. The number of rotatable bonds is 9. The molecule has 2 unspecified atom stereocenters. The Hall–Kier alpha value is -3.70. The fourth-order valence-corrected chi connectivity index (χ4v) is 5.17. The number of amides is 3. The summed E-state index contributed by atoms with van der Waals surface area (Å²) in [5, 5.41) is 14.6. The van der Waals surface area contributed by atoms with Gasteiger partial charge in [0.1, 0.15) is 11.9 Å². The molecule has 2 fully saturated rings. The fourth-order valence-electron chi connectivity index (χ4n) is 5.17. The van der Waals surface area contributed by atoms with Crippen LogP contribution in [0.1, 0.15) is 17.5 Å². The maximum absolute atomic E-state index is 14.4. The molecule has 2 heterocycles. The largest absolute Gasteiger partial charge is 0.495 e. The number of aliphatic carboxylic acids is 1. The van der Waals surface area contributed by atoms with Crippen LogP contribution in [0.4, 0.5) is 20.6 Å². The van der Waals surface area contributed by atoms with E-state index in [2.05, 4.69) is 15.5 Å². The van der Waals surface area contributed by atoms with Crippen molar-refractivity contribution in [3.63, 3.8) is 0 Å². The average Bonchev–Trinajstić information content (AvgIpc) is 3.27. The van der Waals surface area contributed by atoms with Gasteiger partial charge < -0.3 is 25.4 Å². The van der Waals surface area contributed by atoms with Gasteiger partial charge in [-0.25, -0.2) is 9.18 Å². The van der Waals surface area contributed by atoms with Crippen LogP contribution in [-0.4, -0.2) is 103 Å². The van der Waals surface area contributed by atoms with Gasteiger partial charge in [0.15, 0.2) is 0 Å². The minimum absolute atomic E-state index is 0.0174. The first-order valence-corrected chi connectivity index (χ1v) is 13.1. The van der Waals surface area contributed by atoms with Crippen molar-refractivity contribution in [3.8, 4) is 5.75 Å². The third-order valence-electron chi connectivity index (χ3n) is 7.24. The molecule has 10 nitrogen and oxygen atoms in total. The van der Waals surface area contributed by atoms with E-state index in [1.165, 1.54) is 7.11 Å². The monoisotopic (exact) mass is 541 g/mol. The smallest absolute Gasteiger partial charge is 0.323 e. The highest BCUT2D eigenvalue weighted by Gasteiger charge is 2.36. The first-order chi connectivity index (χ1) is 18.7. The fraction of sp³-hybridized carbons (Fsp3) is 0.464. The van der Waals surface area contributed by atoms with Crippen LogP contribution in [0, 0.1) is 6.92 Å². The zero-order chi connectivity index (χ0) is 27.9. The Morgan fingerprint density at radius 1 is 1.03 bits per heavy atom. The van der Waals surface area contributed by atoms with Gasteiger partial charge in [-0.05, 0) is 36.2 Å². The molecule has 0 saturated carbocycles. The molecule has 39 heavy (non-hydrogen) atoms. The van der Waals surface area contributed by atoms with Gasteiger partial charge in [-0.2, -0.15) is 0 Å². The Kier molecular flexibility index (Phi) is 9.36. The highest BCUT2D eigenvalue weighted by molar-refractivity contribution is 6.01. The van der Waals surface area contributed by atoms with E-state index < -0.39 is 18.2 Å². The number of hydrogen-bond acceptors (Lipinski definition) is 6. The van der Waals surface area contributed by atoms with Gasteiger partial charge in [-0.1, -0.05) is 24.3 Å². The molecule has 2 aromatic carbocycles. The summed E-state index contributed by atoms with van der Waals surface area (Å²) in [6.07, 6.45) is -0.689. The Labute approximate surface area is 227 Å². The van der Waals surface area contributed by atoms with Crippen LogP contribution in [-0.2, 0) is 16.0 Å². The van der Waals surface area contributed by atoms with E-state index in [9.17, 15) is 18.8 Å². The molecule has 3 N–H and O–H groups in total. The number of urea groups is 1. The van der Waals surface area contributed by atoms with Crippen molar-refractivity contribution in [2.45, 2.75) is 32.0 Å². The first-order valence-electron chi connectivity index (χ1n) is 13.1. The summed E-state index contributed by atoms with van der Waals surface area (Å²) in [5.41, 5.74) is 2.80. The minimum Gasteiger partial charge on any atom is -0.495 e. The molecule has 0 spiro atoms. The van der Waals surface area contributed by atoms with Gasteiger partial charge in [0, 0.05) is 50.9 Å². The molecule has 0 bridgehead atoms. The molecule has 11 heteroatoms. The molecular weight excluding hydrogens is 505 g/mol. The van der Waals surface area contributed by atoms with Crippen molar-refractivity contribution in [1.82, 2.24) is 14.7 Å². The molecular formula is C28H36FN5O5. The number of alkyl halides is 1. The van der Waals surface area contributed by atoms with E-state index in [1.54, 1.807) is 23.1 Å². The van der Waals surface area contributed by atoms with Crippen LogP contribution in [0.15, 0.2) is 42.5 Å². The Morgan fingerprint density at radius 3 is 2.41 bits per heavy atom. The number of nitrogens with zero attached hydrogens (tertiary/aromatic N) is 3. The Morgan fingerprint density at radius 2 is 1.72 bits per heavy atom. The molecule has 2 aliphatic rings. The van der Waals surface area contributed by atoms with Gasteiger partial charge >= 0.3 is 12.0 Å². The maximum Gasteiger partial charge on any atom is 0.323 e. The van der Waals surface area contributed by atoms with E-state index in [1.807, 2.05) is 36.1 Å². The number of nitrogens with one attached hydrogen (secondary N) is 2. The highest BCUT2D eigenvalue weighted by Crippen LogP contribution is 2.28. The predicted octanol–water partition coefficient (Wildman–Crippen LogP) is 2.83. The van der Waals surface area contributed by atoms with E-state index in [0.717, 1.165) is 5.56 Å². The number of carboxylic acid groups (broad SMARTS) is 1. The van der Waals surface area contributed by atoms with E-state index >= 15 is 0 Å². The van der Waals surface area contributed by atoms with Crippen LogP contribution in [0.3, 0.4) is 0 Å². The van der Waals surface area contributed by atoms with E-state index in [0.29, 0.717) is 61.8 Å². The third-order valence-corrected chi connectivity index (χ3v) is 7.24. The van der Waals surface area contributed by atoms with Crippen LogP contribution in [0.5, 0.6) is 5.75 Å². The maximum atomic E-state index is 14.4. The lowest BCUT2D eigenvalue weighted by Crippen LogP contribution is -2.52. The van der Waals surface area contributed by atoms with Crippen LogP contribution < -0.4 is 15.4 Å². The van der Waals surface area contributed by atoms with Crippen LogP contribution in [0.25, 0.3) is 0 Å². The SMILES string of the molecule is COc1cc(CC(=O)N2CC(F)CC2CN2CCN(CC(=O)O)CC2)ccc1NC(=O)Nc1ccccc1C. The van der Waals surface area contributed by atoms with Crippen molar-refractivity contribution in [1.29, 1.82) is 0 Å². The Balaban J connectivity index is 1.34. The second-order valence-corrected chi connectivity index (χ2v) is 10.1. The number of halogens is 1. The summed E-state index contributed by atoms with van der Waals surface area (Å²) in [6.45, 7) is 5.19. The molecule has 2 aliphatic heterocycles. The number of methoxy groups -OCH3 is 1. The standard InChI is InChI=1S/C28H36FN5O5/c1-19-5-3-4-6-23(19)30-28(38)31-24-8-7-20(13-25(24)39-2)14-26(35)34-16-21(29)15-22(34)17-32-9-11-33(12-10-32)18-27(36)37/h3-8,13,21-22H,9-12,14-18H2,1-2H3,(H,36,37)(H2,30,31,38). The quantitative estimate of drug-likeness (QED) is 0.447. The van der Waals surface area contributed by atoms with Crippen molar-refractivity contribution in [2.24, 2.45) is 0 Å².